The van der Waals surface area contributed by atoms with Gasteiger partial charge < -0.3 is 19.8 Å². The van der Waals surface area contributed by atoms with E-state index in [1.807, 2.05) is 18.2 Å². The van der Waals surface area contributed by atoms with Crippen LogP contribution in [0.15, 0.2) is 71.3 Å². The fraction of sp³-hybridized carbons (Fsp3) is 0.143. The maximum atomic E-state index is 12.4. The summed E-state index contributed by atoms with van der Waals surface area (Å²) in [5.74, 6) is 0.993. The van der Waals surface area contributed by atoms with Crippen molar-refractivity contribution in [3.8, 4) is 5.75 Å². The van der Waals surface area contributed by atoms with Crippen molar-refractivity contribution in [1.29, 1.82) is 0 Å². The topological polar surface area (TPSA) is 80.6 Å². The number of hydrogen-bond donors (Lipinski definition) is 2. The highest BCUT2D eigenvalue weighted by atomic mass is 16.5. The molecule has 3 rings (SSSR count). The maximum absolute atomic E-state index is 12.4. The molecule has 0 spiro atoms. The first-order chi connectivity index (χ1) is 13.2. The molecule has 27 heavy (non-hydrogen) atoms. The van der Waals surface area contributed by atoms with Gasteiger partial charge in [0.15, 0.2) is 0 Å². The maximum Gasteiger partial charge on any atom is 0.255 e. The third-order valence-corrected chi connectivity index (χ3v) is 3.96. The van der Waals surface area contributed by atoms with Crippen LogP contribution in [0.1, 0.15) is 22.5 Å². The third kappa shape index (κ3) is 4.98. The molecule has 0 bridgehead atoms. The highest BCUT2D eigenvalue weighted by molar-refractivity contribution is 6.05. The van der Waals surface area contributed by atoms with Gasteiger partial charge in [-0.1, -0.05) is 12.1 Å². The summed E-state index contributed by atoms with van der Waals surface area (Å²) in [5.41, 5.74) is 1.71. The largest absolute Gasteiger partial charge is 0.495 e. The number of nitrogens with one attached hydrogen (secondary N) is 2. The molecule has 2 amide bonds. The van der Waals surface area contributed by atoms with Gasteiger partial charge in [-0.25, -0.2) is 0 Å². The molecule has 0 saturated heterocycles. The zero-order valence-corrected chi connectivity index (χ0v) is 14.9. The zero-order chi connectivity index (χ0) is 19.1. The van der Waals surface area contributed by atoms with Crippen molar-refractivity contribution in [2.24, 2.45) is 0 Å². The molecule has 0 aliphatic heterocycles. The molecule has 3 aromatic rings. The normalized spacial score (nSPS) is 10.3. The van der Waals surface area contributed by atoms with Crippen LogP contribution in [0.4, 0.5) is 11.4 Å². The molecule has 0 aliphatic carbocycles. The first-order valence-electron chi connectivity index (χ1n) is 8.52. The molecule has 1 aromatic heterocycles. The van der Waals surface area contributed by atoms with E-state index >= 15 is 0 Å². The molecule has 1 heterocycles. The van der Waals surface area contributed by atoms with Crippen LogP contribution < -0.4 is 15.4 Å². The van der Waals surface area contributed by atoms with Gasteiger partial charge in [0.2, 0.25) is 5.91 Å². The second kappa shape index (κ2) is 8.71. The van der Waals surface area contributed by atoms with E-state index in [9.17, 15) is 9.59 Å². The van der Waals surface area contributed by atoms with E-state index in [0.29, 0.717) is 35.5 Å². The Labute approximate surface area is 157 Å². The average molecular weight is 364 g/mol. The van der Waals surface area contributed by atoms with E-state index in [-0.39, 0.29) is 11.8 Å². The number of anilines is 2. The van der Waals surface area contributed by atoms with E-state index < -0.39 is 0 Å². The summed E-state index contributed by atoms with van der Waals surface area (Å²) < 4.78 is 10.4. The number of benzene rings is 2. The number of amides is 2. The van der Waals surface area contributed by atoms with Gasteiger partial charge in [0.25, 0.3) is 5.91 Å². The van der Waals surface area contributed by atoms with Crippen molar-refractivity contribution >= 4 is 23.2 Å². The monoisotopic (exact) mass is 364 g/mol. The SMILES string of the molecule is COc1ccccc1NC(=O)c1ccc(NC(=O)CCc2ccco2)cc1. The summed E-state index contributed by atoms with van der Waals surface area (Å²) in [6.45, 7) is 0. The highest BCUT2D eigenvalue weighted by Gasteiger charge is 2.10. The lowest BCUT2D eigenvalue weighted by Gasteiger charge is -2.10. The van der Waals surface area contributed by atoms with Gasteiger partial charge >= 0.3 is 0 Å². The number of ether oxygens (including phenoxy) is 1. The van der Waals surface area contributed by atoms with Gasteiger partial charge in [-0.2, -0.15) is 0 Å². The molecule has 0 saturated carbocycles. The number of carbonyl (C=O) groups is 2. The first kappa shape index (κ1) is 18.3. The second-order valence-electron chi connectivity index (χ2n) is 5.86. The van der Waals surface area contributed by atoms with Crippen molar-refractivity contribution < 1.29 is 18.7 Å². The Kier molecular flexibility index (Phi) is 5.89. The average Bonchev–Trinajstić information content (AvgIpc) is 3.21. The fourth-order valence-corrected chi connectivity index (χ4v) is 2.56. The lowest BCUT2D eigenvalue weighted by atomic mass is 10.1. The molecule has 0 radical (unpaired) electrons. The van der Waals surface area contributed by atoms with E-state index in [1.165, 1.54) is 0 Å². The molecule has 138 valence electrons. The molecule has 0 atom stereocenters. The number of rotatable bonds is 7. The summed E-state index contributed by atoms with van der Waals surface area (Å²) >= 11 is 0. The summed E-state index contributed by atoms with van der Waals surface area (Å²) in [4.78, 5) is 24.4. The molecule has 2 N–H and O–H groups in total. The number of aryl methyl sites for hydroxylation is 1. The Balaban J connectivity index is 1.56. The Morgan fingerprint density at radius 1 is 0.963 bits per heavy atom. The number of carbonyl (C=O) groups excluding carboxylic acids is 2. The Morgan fingerprint density at radius 2 is 1.74 bits per heavy atom. The van der Waals surface area contributed by atoms with Crippen LogP contribution in [0, 0.1) is 0 Å². The first-order valence-corrected chi connectivity index (χ1v) is 8.52. The van der Waals surface area contributed by atoms with Gasteiger partial charge in [0.05, 0.1) is 19.1 Å². The predicted molar refractivity (Wildman–Crippen MR) is 103 cm³/mol. The van der Waals surface area contributed by atoms with Crippen molar-refractivity contribution in [2.75, 3.05) is 17.7 Å². The summed E-state index contributed by atoms with van der Waals surface area (Å²) in [7, 11) is 1.55. The minimum atomic E-state index is -0.254. The number of furan rings is 1. The number of hydrogen-bond acceptors (Lipinski definition) is 4. The molecule has 2 aromatic carbocycles. The quantitative estimate of drug-likeness (QED) is 0.661. The lowest BCUT2D eigenvalue weighted by molar-refractivity contribution is -0.116. The predicted octanol–water partition coefficient (Wildman–Crippen LogP) is 4.11. The molecule has 0 unspecified atom stereocenters. The van der Waals surface area contributed by atoms with E-state index in [0.717, 1.165) is 5.76 Å². The summed E-state index contributed by atoms with van der Waals surface area (Å²) in [6, 6.07) is 17.5. The van der Waals surface area contributed by atoms with Crippen LogP contribution >= 0.6 is 0 Å². The second-order valence-corrected chi connectivity index (χ2v) is 5.86. The molecule has 0 aliphatic rings. The Hall–Kier alpha value is -3.54. The summed E-state index contributed by atoms with van der Waals surface area (Å²) in [6.07, 6.45) is 2.45. The van der Waals surface area contributed by atoms with Gasteiger partial charge in [0, 0.05) is 24.1 Å². The molecular formula is C21H20N2O4. The zero-order valence-electron chi connectivity index (χ0n) is 14.9. The molecular weight excluding hydrogens is 344 g/mol. The lowest BCUT2D eigenvalue weighted by Crippen LogP contribution is -2.14. The number of methoxy groups -OCH3 is 1. The van der Waals surface area contributed by atoms with E-state index in [2.05, 4.69) is 10.6 Å². The van der Waals surface area contributed by atoms with E-state index in [4.69, 9.17) is 9.15 Å². The highest BCUT2D eigenvalue weighted by Crippen LogP contribution is 2.23. The van der Waals surface area contributed by atoms with Gasteiger partial charge in [-0.15, -0.1) is 0 Å². The standard InChI is InChI=1S/C21H20N2O4/c1-26-19-7-3-2-6-18(19)23-21(25)15-8-10-16(11-9-15)22-20(24)13-12-17-5-4-14-27-17/h2-11,14H,12-13H2,1H3,(H,22,24)(H,23,25). The molecule has 0 fully saturated rings. The van der Waals surface area contributed by atoms with Crippen LogP contribution in [0.25, 0.3) is 0 Å². The van der Waals surface area contributed by atoms with E-state index in [1.54, 1.807) is 55.8 Å². The van der Waals surface area contributed by atoms with Crippen molar-refractivity contribution in [3.63, 3.8) is 0 Å². The van der Waals surface area contributed by atoms with Crippen LogP contribution in [0.5, 0.6) is 5.75 Å². The minimum absolute atomic E-state index is 0.113. The Bertz CT molecular complexity index is 902. The van der Waals surface area contributed by atoms with Gasteiger partial charge in [-0.05, 0) is 48.5 Å². The minimum Gasteiger partial charge on any atom is -0.495 e. The van der Waals surface area contributed by atoms with Crippen molar-refractivity contribution in [1.82, 2.24) is 0 Å². The number of para-hydroxylation sites is 2. The van der Waals surface area contributed by atoms with Crippen molar-refractivity contribution in [3.05, 3.63) is 78.3 Å². The van der Waals surface area contributed by atoms with Crippen LogP contribution in [0.3, 0.4) is 0 Å². The van der Waals surface area contributed by atoms with Gasteiger partial charge in [0.1, 0.15) is 11.5 Å². The van der Waals surface area contributed by atoms with Crippen molar-refractivity contribution in [2.45, 2.75) is 12.8 Å². The van der Waals surface area contributed by atoms with Crippen LogP contribution in [-0.2, 0) is 11.2 Å². The third-order valence-electron chi connectivity index (χ3n) is 3.96. The molecule has 6 heteroatoms. The van der Waals surface area contributed by atoms with Crippen LogP contribution in [0.2, 0.25) is 0 Å². The summed E-state index contributed by atoms with van der Waals surface area (Å²) in [5, 5.41) is 5.62. The molecule has 6 nitrogen and oxygen atoms in total. The fourth-order valence-electron chi connectivity index (χ4n) is 2.56. The van der Waals surface area contributed by atoms with Gasteiger partial charge in [-0.3, -0.25) is 9.59 Å². The smallest absolute Gasteiger partial charge is 0.255 e. The van der Waals surface area contributed by atoms with Crippen LogP contribution in [-0.4, -0.2) is 18.9 Å². The Morgan fingerprint density at radius 3 is 2.44 bits per heavy atom.